The topological polar surface area (TPSA) is 54.9 Å². The van der Waals surface area contributed by atoms with E-state index in [0.717, 1.165) is 12.1 Å². The van der Waals surface area contributed by atoms with Gasteiger partial charge in [0.1, 0.15) is 0 Å². The van der Waals surface area contributed by atoms with Crippen LogP contribution in [-0.4, -0.2) is 28.5 Å². The molecule has 1 N–H and O–H groups in total. The number of anilines is 1. The van der Waals surface area contributed by atoms with E-state index in [2.05, 4.69) is 10.2 Å². The summed E-state index contributed by atoms with van der Waals surface area (Å²) in [6.45, 7) is 0. The molecule has 0 aliphatic carbocycles. The summed E-state index contributed by atoms with van der Waals surface area (Å²) in [7, 11) is 0. The number of alkyl halides is 4. The minimum absolute atomic E-state index is 0.0291. The highest BCUT2D eigenvalue weighted by molar-refractivity contribution is 6.29. The molecule has 0 atom stereocenters. The number of aromatic nitrogens is 2. The molecule has 4 nitrogen and oxygen atoms in total. The predicted octanol–water partition coefficient (Wildman–Crippen LogP) is 1.97. The van der Waals surface area contributed by atoms with Gasteiger partial charge in [0, 0.05) is 0 Å². The third-order valence-corrected chi connectivity index (χ3v) is 1.65. The Balaban J connectivity index is 2.75. The molecule has 0 radical (unpaired) electrons. The van der Waals surface area contributed by atoms with Gasteiger partial charge in [-0.15, -0.1) is 10.2 Å². The average Bonchev–Trinajstić information content (AvgIpc) is 2.21. The van der Waals surface area contributed by atoms with E-state index in [1.54, 1.807) is 0 Å². The Morgan fingerprint density at radius 2 is 2.00 bits per heavy atom. The fourth-order valence-corrected chi connectivity index (χ4v) is 0.782. The molecule has 0 bridgehead atoms. The van der Waals surface area contributed by atoms with Crippen molar-refractivity contribution in [2.24, 2.45) is 0 Å². The summed E-state index contributed by atoms with van der Waals surface area (Å²) >= 11 is 5.33. The molecular weight excluding hydrogens is 254 g/mol. The monoisotopic (exact) mass is 257 g/mol. The van der Waals surface area contributed by atoms with Gasteiger partial charge in [-0.3, -0.25) is 4.79 Å². The first-order valence-electron chi connectivity index (χ1n) is 3.80. The fraction of sp³-hybridized carbons (Fsp3) is 0.286. The van der Waals surface area contributed by atoms with Gasteiger partial charge in [-0.1, -0.05) is 11.6 Å². The third-order valence-electron chi connectivity index (χ3n) is 1.45. The van der Waals surface area contributed by atoms with Crippen molar-refractivity contribution in [2.45, 2.75) is 12.3 Å². The molecule has 0 aliphatic rings. The second-order valence-corrected chi connectivity index (χ2v) is 3.01. The molecule has 0 unspecified atom stereocenters. The van der Waals surface area contributed by atoms with Gasteiger partial charge in [0.15, 0.2) is 11.0 Å². The standard InChI is InChI=1S/C7H4ClF4N3O/c8-3-1-2-4(15-14-3)13-6(16)7(11,12)5(9)10/h1-2,5H,(H,13,15,16). The number of carbonyl (C=O) groups is 1. The van der Waals surface area contributed by atoms with Crippen LogP contribution in [-0.2, 0) is 4.79 Å². The Labute approximate surface area is 91.6 Å². The number of hydrogen-bond donors (Lipinski definition) is 1. The summed E-state index contributed by atoms with van der Waals surface area (Å²) in [6.07, 6.45) is -4.09. The SMILES string of the molecule is O=C(Nc1ccc(Cl)nn1)C(F)(F)C(F)F. The van der Waals surface area contributed by atoms with Gasteiger partial charge in [0.2, 0.25) is 0 Å². The molecule has 1 aromatic heterocycles. The maximum Gasteiger partial charge on any atom is 0.383 e. The van der Waals surface area contributed by atoms with E-state index in [4.69, 9.17) is 11.6 Å². The Hall–Kier alpha value is -1.44. The first-order valence-corrected chi connectivity index (χ1v) is 4.18. The van der Waals surface area contributed by atoms with Gasteiger partial charge >= 0.3 is 18.3 Å². The Bertz CT molecular complexity index is 384. The van der Waals surface area contributed by atoms with Crippen LogP contribution in [0.3, 0.4) is 0 Å². The van der Waals surface area contributed by atoms with Crippen molar-refractivity contribution in [1.29, 1.82) is 0 Å². The van der Waals surface area contributed by atoms with Gasteiger partial charge in [-0.2, -0.15) is 8.78 Å². The van der Waals surface area contributed by atoms with E-state index in [1.807, 2.05) is 0 Å². The first-order chi connectivity index (χ1) is 7.34. The summed E-state index contributed by atoms with van der Waals surface area (Å²) < 4.78 is 48.5. The largest absolute Gasteiger partial charge is 0.383 e. The predicted molar refractivity (Wildman–Crippen MR) is 46.6 cm³/mol. The number of halogens is 5. The van der Waals surface area contributed by atoms with Crippen molar-refractivity contribution >= 4 is 23.3 Å². The van der Waals surface area contributed by atoms with Gasteiger partial charge < -0.3 is 5.32 Å². The molecule has 0 aliphatic heterocycles. The van der Waals surface area contributed by atoms with E-state index in [1.165, 1.54) is 5.32 Å². The highest BCUT2D eigenvalue weighted by Crippen LogP contribution is 2.24. The lowest BCUT2D eigenvalue weighted by molar-refractivity contribution is -0.163. The van der Waals surface area contributed by atoms with Crippen LogP contribution in [0.4, 0.5) is 23.4 Å². The fourth-order valence-electron chi connectivity index (χ4n) is 0.681. The first kappa shape index (κ1) is 12.6. The highest BCUT2D eigenvalue weighted by atomic mass is 35.5. The molecule has 9 heteroatoms. The van der Waals surface area contributed by atoms with E-state index < -0.39 is 24.1 Å². The number of amides is 1. The van der Waals surface area contributed by atoms with Crippen LogP contribution in [0.15, 0.2) is 12.1 Å². The van der Waals surface area contributed by atoms with E-state index >= 15 is 0 Å². The summed E-state index contributed by atoms with van der Waals surface area (Å²) in [4.78, 5) is 10.7. The zero-order valence-electron chi connectivity index (χ0n) is 7.42. The third kappa shape index (κ3) is 2.78. The molecule has 1 amide bonds. The van der Waals surface area contributed by atoms with Crippen LogP contribution in [0.1, 0.15) is 0 Å². The van der Waals surface area contributed by atoms with Crippen LogP contribution in [0.2, 0.25) is 5.15 Å². The smallest absolute Gasteiger partial charge is 0.304 e. The summed E-state index contributed by atoms with van der Waals surface area (Å²) in [5.74, 6) is -7.32. The van der Waals surface area contributed by atoms with Crippen LogP contribution < -0.4 is 5.32 Å². The van der Waals surface area contributed by atoms with E-state index in [0.29, 0.717) is 0 Å². The molecule has 1 aromatic rings. The van der Waals surface area contributed by atoms with Crippen molar-refractivity contribution in [3.63, 3.8) is 0 Å². The Kier molecular flexibility index (Phi) is 3.63. The van der Waals surface area contributed by atoms with Crippen molar-refractivity contribution in [3.05, 3.63) is 17.3 Å². The zero-order valence-corrected chi connectivity index (χ0v) is 8.18. The number of rotatable bonds is 3. The molecule has 1 heterocycles. The van der Waals surface area contributed by atoms with Crippen molar-refractivity contribution in [3.8, 4) is 0 Å². The van der Waals surface area contributed by atoms with Crippen LogP contribution in [0, 0.1) is 0 Å². The van der Waals surface area contributed by atoms with Gasteiger partial charge in [-0.05, 0) is 12.1 Å². The summed E-state index contributed by atoms with van der Waals surface area (Å²) in [6, 6.07) is 2.21. The molecular formula is C7H4ClF4N3O. The maximum absolute atomic E-state index is 12.5. The van der Waals surface area contributed by atoms with Gasteiger partial charge in [0.05, 0.1) is 0 Å². The highest BCUT2D eigenvalue weighted by Gasteiger charge is 2.49. The molecule has 0 saturated heterocycles. The van der Waals surface area contributed by atoms with Crippen LogP contribution in [0.25, 0.3) is 0 Å². The number of nitrogens with one attached hydrogen (secondary N) is 1. The molecule has 16 heavy (non-hydrogen) atoms. The number of hydrogen-bond acceptors (Lipinski definition) is 3. The average molecular weight is 258 g/mol. The van der Waals surface area contributed by atoms with Gasteiger partial charge in [0.25, 0.3) is 0 Å². The lowest BCUT2D eigenvalue weighted by Gasteiger charge is -2.13. The van der Waals surface area contributed by atoms with Crippen LogP contribution in [0.5, 0.6) is 0 Å². The van der Waals surface area contributed by atoms with E-state index in [9.17, 15) is 22.4 Å². The molecule has 1 rings (SSSR count). The quantitative estimate of drug-likeness (QED) is 0.842. The minimum Gasteiger partial charge on any atom is -0.304 e. The second-order valence-electron chi connectivity index (χ2n) is 2.62. The summed E-state index contributed by atoms with van der Waals surface area (Å²) in [5.41, 5.74) is 0. The lowest BCUT2D eigenvalue weighted by Crippen LogP contribution is -2.41. The van der Waals surface area contributed by atoms with Crippen molar-refractivity contribution in [1.82, 2.24) is 10.2 Å². The van der Waals surface area contributed by atoms with Crippen molar-refractivity contribution in [2.75, 3.05) is 5.32 Å². The van der Waals surface area contributed by atoms with E-state index in [-0.39, 0.29) is 5.15 Å². The van der Waals surface area contributed by atoms with Crippen molar-refractivity contribution < 1.29 is 22.4 Å². The Morgan fingerprint density at radius 3 is 2.44 bits per heavy atom. The number of carbonyl (C=O) groups excluding carboxylic acids is 1. The molecule has 0 saturated carbocycles. The number of nitrogens with zero attached hydrogens (tertiary/aromatic N) is 2. The van der Waals surface area contributed by atoms with Gasteiger partial charge in [-0.25, -0.2) is 8.78 Å². The molecule has 0 aromatic carbocycles. The molecule has 0 spiro atoms. The molecule has 88 valence electrons. The normalized spacial score (nSPS) is 11.6. The Morgan fingerprint density at radius 1 is 1.38 bits per heavy atom. The second kappa shape index (κ2) is 4.60. The van der Waals surface area contributed by atoms with Crippen LogP contribution >= 0.6 is 11.6 Å². The zero-order chi connectivity index (χ0) is 12.3. The minimum atomic E-state index is -4.78. The summed E-state index contributed by atoms with van der Waals surface area (Å²) in [5, 5.41) is 7.89. The maximum atomic E-state index is 12.5. The lowest BCUT2D eigenvalue weighted by atomic mass is 10.3. The molecule has 0 fully saturated rings.